The third-order valence-corrected chi connectivity index (χ3v) is 3.91. The largest absolute Gasteiger partial charge is 0.392 e. The van der Waals surface area contributed by atoms with Crippen LogP contribution in [0.1, 0.15) is 33.6 Å². The third kappa shape index (κ3) is 3.16. The Morgan fingerprint density at radius 1 is 1.65 bits per heavy atom. The molecule has 5 heteroatoms. The first-order valence-electron chi connectivity index (χ1n) is 6.12. The Bertz CT molecular complexity index is 309. The van der Waals surface area contributed by atoms with E-state index < -0.39 is 5.41 Å². The first kappa shape index (κ1) is 14.4. The van der Waals surface area contributed by atoms with Crippen LogP contribution in [0.15, 0.2) is 0 Å². The highest BCUT2D eigenvalue weighted by Crippen LogP contribution is 2.25. The van der Waals surface area contributed by atoms with E-state index in [4.69, 9.17) is 22.7 Å². The predicted octanol–water partition coefficient (Wildman–Crippen LogP) is 1.33. The predicted molar refractivity (Wildman–Crippen MR) is 71.8 cm³/mol. The van der Waals surface area contributed by atoms with Gasteiger partial charge in [0.1, 0.15) is 0 Å². The second kappa shape index (κ2) is 5.78. The van der Waals surface area contributed by atoms with Crippen LogP contribution in [0.25, 0.3) is 0 Å². The number of rotatable bonds is 3. The topological polar surface area (TPSA) is 55.6 Å². The van der Waals surface area contributed by atoms with Crippen LogP contribution in [-0.4, -0.2) is 41.6 Å². The van der Waals surface area contributed by atoms with Crippen LogP contribution < -0.4 is 5.73 Å². The van der Waals surface area contributed by atoms with Gasteiger partial charge in [-0.3, -0.25) is 4.79 Å². The lowest BCUT2D eigenvalue weighted by Gasteiger charge is -2.33. The summed E-state index contributed by atoms with van der Waals surface area (Å²) in [4.78, 5) is 14.6. The maximum Gasteiger partial charge on any atom is 0.235 e. The zero-order valence-corrected chi connectivity index (χ0v) is 11.7. The molecule has 0 aliphatic carbocycles. The minimum absolute atomic E-state index is 0.0323. The number of ether oxygens (including phenoxy) is 1. The molecular formula is C12H22N2O2S. The molecule has 1 aliphatic rings. The van der Waals surface area contributed by atoms with E-state index in [9.17, 15) is 4.79 Å². The van der Waals surface area contributed by atoms with Gasteiger partial charge in [-0.2, -0.15) is 0 Å². The standard InChI is InChI=1S/C12H22N2O2S/c1-4-12(3,10(13)17)11(15)14-6-5-7-16-9(2)8-14/h9H,4-8H2,1-3H3,(H2,13,17). The van der Waals surface area contributed by atoms with Gasteiger partial charge in [-0.25, -0.2) is 0 Å². The van der Waals surface area contributed by atoms with Crippen molar-refractivity contribution in [1.29, 1.82) is 0 Å². The summed E-state index contributed by atoms with van der Waals surface area (Å²) < 4.78 is 5.53. The van der Waals surface area contributed by atoms with Gasteiger partial charge in [-0.1, -0.05) is 19.1 Å². The molecule has 98 valence electrons. The zero-order valence-electron chi connectivity index (χ0n) is 10.9. The number of carbonyl (C=O) groups excluding carboxylic acids is 1. The molecule has 0 bridgehead atoms. The van der Waals surface area contributed by atoms with Crippen LogP contribution in [0.3, 0.4) is 0 Å². The summed E-state index contributed by atoms with van der Waals surface area (Å²) >= 11 is 5.04. The van der Waals surface area contributed by atoms with Crippen LogP contribution >= 0.6 is 12.2 Å². The van der Waals surface area contributed by atoms with Gasteiger partial charge >= 0.3 is 0 Å². The van der Waals surface area contributed by atoms with Gasteiger partial charge in [0.25, 0.3) is 0 Å². The number of thiocarbonyl (C=S) groups is 1. The van der Waals surface area contributed by atoms with Crippen molar-refractivity contribution in [2.45, 2.75) is 39.7 Å². The smallest absolute Gasteiger partial charge is 0.235 e. The maximum atomic E-state index is 12.5. The number of amides is 1. The van der Waals surface area contributed by atoms with E-state index in [0.717, 1.165) is 13.0 Å². The molecule has 0 aromatic carbocycles. The Balaban J connectivity index is 2.83. The molecule has 2 unspecified atom stereocenters. The van der Waals surface area contributed by atoms with E-state index in [1.807, 2.05) is 25.7 Å². The van der Waals surface area contributed by atoms with E-state index in [-0.39, 0.29) is 17.0 Å². The van der Waals surface area contributed by atoms with Gasteiger partial charge in [0.2, 0.25) is 5.91 Å². The van der Waals surface area contributed by atoms with Crippen molar-refractivity contribution in [1.82, 2.24) is 4.90 Å². The normalized spacial score (nSPS) is 24.9. The Morgan fingerprint density at radius 2 is 2.29 bits per heavy atom. The molecule has 2 N–H and O–H groups in total. The Labute approximate surface area is 108 Å². The Morgan fingerprint density at radius 3 is 2.82 bits per heavy atom. The molecule has 1 rings (SSSR count). The fourth-order valence-electron chi connectivity index (χ4n) is 1.96. The van der Waals surface area contributed by atoms with Crippen LogP contribution in [0.2, 0.25) is 0 Å². The molecule has 1 aliphatic heterocycles. The summed E-state index contributed by atoms with van der Waals surface area (Å²) in [5.41, 5.74) is 4.99. The molecule has 0 radical (unpaired) electrons. The summed E-state index contributed by atoms with van der Waals surface area (Å²) in [6.45, 7) is 7.80. The second-order valence-electron chi connectivity index (χ2n) is 4.84. The SMILES string of the molecule is CCC(C)(C(=O)N1CCCOC(C)C1)C(N)=S. The van der Waals surface area contributed by atoms with Crippen molar-refractivity contribution >= 4 is 23.1 Å². The molecule has 4 nitrogen and oxygen atoms in total. The quantitative estimate of drug-likeness (QED) is 0.776. The molecule has 1 heterocycles. The number of hydrogen-bond acceptors (Lipinski definition) is 3. The number of nitrogens with two attached hydrogens (primary N) is 1. The first-order valence-corrected chi connectivity index (χ1v) is 6.53. The summed E-state index contributed by atoms with van der Waals surface area (Å²) in [5.74, 6) is 0.0323. The van der Waals surface area contributed by atoms with E-state index in [2.05, 4.69) is 0 Å². The van der Waals surface area contributed by atoms with E-state index >= 15 is 0 Å². The molecule has 0 aromatic rings. The van der Waals surface area contributed by atoms with Crippen LogP contribution in [0, 0.1) is 5.41 Å². The number of nitrogens with zero attached hydrogens (tertiary/aromatic N) is 1. The molecule has 1 amide bonds. The van der Waals surface area contributed by atoms with Crippen molar-refractivity contribution in [3.63, 3.8) is 0 Å². The highest BCUT2D eigenvalue weighted by Gasteiger charge is 2.38. The fourth-order valence-corrected chi connectivity index (χ4v) is 2.19. The molecule has 1 fully saturated rings. The molecule has 17 heavy (non-hydrogen) atoms. The second-order valence-corrected chi connectivity index (χ2v) is 5.28. The summed E-state index contributed by atoms with van der Waals surface area (Å²) in [5, 5.41) is 0. The summed E-state index contributed by atoms with van der Waals surface area (Å²) in [6, 6.07) is 0. The first-order chi connectivity index (χ1) is 7.91. The van der Waals surface area contributed by atoms with Gasteiger partial charge in [0.05, 0.1) is 16.5 Å². The average molecular weight is 258 g/mol. The molecule has 2 atom stereocenters. The van der Waals surface area contributed by atoms with Gasteiger partial charge in [-0.05, 0) is 26.7 Å². The van der Waals surface area contributed by atoms with Crippen molar-refractivity contribution in [2.24, 2.45) is 11.1 Å². The monoisotopic (exact) mass is 258 g/mol. The van der Waals surface area contributed by atoms with E-state index in [1.54, 1.807) is 0 Å². The van der Waals surface area contributed by atoms with Gasteiger partial charge in [0, 0.05) is 19.7 Å². The van der Waals surface area contributed by atoms with E-state index in [1.165, 1.54) is 0 Å². The lowest BCUT2D eigenvalue weighted by Crippen LogP contribution is -2.50. The minimum atomic E-state index is -0.723. The van der Waals surface area contributed by atoms with Gasteiger partial charge in [-0.15, -0.1) is 0 Å². The zero-order chi connectivity index (χ0) is 13.1. The molecular weight excluding hydrogens is 236 g/mol. The molecule has 0 aromatic heterocycles. The Hall–Kier alpha value is -0.680. The Kier molecular flexibility index (Phi) is 4.89. The molecule has 1 saturated heterocycles. The highest BCUT2D eigenvalue weighted by atomic mass is 32.1. The van der Waals surface area contributed by atoms with Crippen LogP contribution in [-0.2, 0) is 9.53 Å². The molecule has 0 spiro atoms. The van der Waals surface area contributed by atoms with Crippen LogP contribution in [0.4, 0.5) is 0 Å². The lowest BCUT2D eigenvalue weighted by molar-refractivity contribution is -0.138. The van der Waals surface area contributed by atoms with Gasteiger partial charge < -0.3 is 15.4 Å². The van der Waals surface area contributed by atoms with E-state index in [0.29, 0.717) is 19.6 Å². The van der Waals surface area contributed by atoms with Crippen molar-refractivity contribution in [2.75, 3.05) is 19.7 Å². The van der Waals surface area contributed by atoms with Crippen molar-refractivity contribution in [3.05, 3.63) is 0 Å². The number of hydrogen-bond donors (Lipinski definition) is 1. The minimum Gasteiger partial charge on any atom is -0.392 e. The maximum absolute atomic E-state index is 12.5. The highest BCUT2D eigenvalue weighted by molar-refractivity contribution is 7.80. The molecule has 0 saturated carbocycles. The third-order valence-electron chi connectivity index (χ3n) is 3.46. The summed E-state index contributed by atoms with van der Waals surface area (Å²) in [6.07, 6.45) is 1.58. The van der Waals surface area contributed by atoms with Crippen molar-refractivity contribution < 1.29 is 9.53 Å². The average Bonchev–Trinajstić information content (AvgIpc) is 2.51. The number of carbonyl (C=O) groups is 1. The fraction of sp³-hybridized carbons (Fsp3) is 0.833. The van der Waals surface area contributed by atoms with Gasteiger partial charge in [0.15, 0.2) is 0 Å². The summed E-state index contributed by atoms with van der Waals surface area (Å²) in [7, 11) is 0. The lowest BCUT2D eigenvalue weighted by atomic mass is 9.85. The van der Waals surface area contributed by atoms with Crippen molar-refractivity contribution in [3.8, 4) is 0 Å². The van der Waals surface area contributed by atoms with Crippen LogP contribution in [0.5, 0.6) is 0 Å².